The van der Waals surface area contributed by atoms with Gasteiger partial charge in [-0.25, -0.2) is 4.79 Å². The zero-order chi connectivity index (χ0) is 20.4. The lowest BCUT2D eigenvalue weighted by Crippen LogP contribution is -2.27. The summed E-state index contributed by atoms with van der Waals surface area (Å²) in [6, 6.07) is 18.8. The molecule has 0 saturated carbocycles. The number of fused-ring (bicyclic) bond motifs is 1. The molecule has 0 aliphatic heterocycles. The minimum atomic E-state index is -0.490. The molecule has 1 aliphatic rings. The largest absolute Gasteiger partial charge is 0.453 e. The van der Waals surface area contributed by atoms with Gasteiger partial charge in [-0.15, -0.1) is 0 Å². The predicted octanol–water partition coefficient (Wildman–Crippen LogP) is 5.60. The van der Waals surface area contributed by atoms with E-state index < -0.39 is 5.97 Å². The average molecular weight is 388 g/mol. The lowest BCUT2D eigenvalue weighted by atomic mass is 9.75. The summed E-state index contributed by atoms with van der Waals surface area (Å²) in [5, 5.41) is 4.66. The van der Waals surface area contributed by atoms with Gasteiger partial charge in [0.25, 0.3) is 0 Å². The summed E-state index contributed by atoms with van der Waals surface area (Å²) in [6.45, 7) is 6.24. The van der Waals surface area contributed by atoms with Gasteiger partial charge >= 0.3 is 5.97 Å². The summed E-state index contributed by atoms with van der Waals surface area (Å²) < 4.78 is 11.5. The highest BCUT2D eigenvalue weighted by Gasteiger charge is 2.36. The molecule has 0 unspecified atom stereocenters. The van der Waals surface area contributed by atoms with Gasteiger partial charge in [0.15, 0.2) is 0 Å². The van der Waals surface area contributed by atoms with Crippen molar-refractivity contribution >= 4 is 17.4 Å². The van der Waals surface area contributed by atoms with Gasteiger partial charge in [-0.3, -0.25) is 5.43 Å². The van der Waals surface area contributed by atoms with Crippen molar-refractivity contribution < 1.29 is 13.9 Å². The number of ether oxygens (including phenoxy) is 1. The predicted molar refractivity (Wildman–Crippen MR) is 114 cm³/mol. The molecular weight excluding hydrogens is 364 g/mol. The van der Waals surface area contributed by atoms with Crippen LogP contribution < -0.4 is 10.2 Å². The Morgan fingerprint density at radius 1 is 1.03 bits per heavy atom. The van der Waals surface area contributed by atoms with Crippen LogP contribution in [0.2, 0.25) is 0 Å². The van der Waals surface area contributed by atoms with Crippen LogP contribution in [-0.4, -0.2) is 11.7 Å². The molecule has 148 valence electrons. The van der Waals surface area contributed by atoms with Crippen molar-refractivity contribution in [3.63, 3.8) is 0 Å². The number of carbonyl (C=O) groups excluding carboxylic acids is 1. The maximum atomic E-state index is 12.7. The van der Waals surface area contributed by atoms with E-state index in [-0.39, 0.29) is 11.2 Å². The fourth-order valence-electron chi connectivity index (χ4n) is 3.69. The molecule has 0 fully saturated rings. The number of rotatable bonds is 4. The summed E-state index contributed by atoms with van der Waals surface area (Å²) in [4.78, 5) is 12.7. The van der Waals surface area contributed by atoms with Crippen LogP contribution in [-0.2, 0) is 6.42 Å². The van der Waals surface area contributed by atoms with Crippen LogP contribution >= 0.6 is 0 Å². The highest BCUT2D eigenvalue weighted by Crippen LogP contribution is 2.39. The number of hydrogen-bond donors (Lipinski definition) is 1. The molecule has 1 N–H and O–H groups in total. The highest BCUT2D eigenvalue weighted by atomic mass is 16.5. The number of esters is 1. The number of benzene rings is 2. The van der Waals surface area contributed by atoms with Gasteiger partial charge in [-0.2, -0.15) is 5.10 Å². The van der Waals surface area contributed by atoms with Crippen LogP contribution in [0.25, 0.3) is 0 Å². The van der Waals surface area contributed by atoms with Crippen LogP contribution in [0.3, 0.4) is 0 Å². The molecule has 2 aromatic carbocycles. The Hall–Kier alpha value is -3.34. The summed E-state index contributed by atoms with van der Waals surface area (Å²) in [7, 11) is 0. The maximum Gasteiger partial charge on any atom is 0.379 e. The third-order valence-corrected chi connectivity index (χ3v) is 5.03. The summed E-state index contributed by atoms with van der Waals surface area (Å²) in [5.41, 5.74) is 6.59. The van der Waals surface area contributed by atoms with Crippen molar-refractivity contribution in [2.45, 2.75) is 33.6 Å². The molecular formula is C24H24N2O3. The van der Waals surface area contributed by atoms with Crippen molar-refractivity contribution in [3.05, 3.63) is 83.3 Å². The molecule has 3 aromatic rings. The quantitative estimate of drug-likeness (QED) is 0.359. The Bertz CT molecular complexity index is 1050. The SMILES string of the molecule is Cc1c(C(=O)Oc2ccccc2)oc2c1/C(=N\Nc1ccccc1)CC(C)(C)C2. The second kappa shape index (κ2) is 7.59. The van der Waals surface area contributed by atoms with Gasteiger partial charge in [0.2, 0.25) is 5.76 Å². The van der Waals surface area contributed by atoms with E-state index in [0.717, 1.165) is 41.1 Å². The zero-order valence-electron chi connectivity index (χ0n) is 16.9. The van der Waals surface area contributed by atoms with Crippen LogP contribution in [0.5, 0.6) is 5.75 Å². The minimum absolute atomic E-state index is 0.0188. The Morgan fingerprint density at radius 2 is 1.69 bits per heavy atom. The second-order valence-electron chi connectivity index (χ2n) is 8.11. The molecule has 0 radical (unpaired) electrons. The van der Waals surface area contributed by atoms with E-state index in [0.29, 0.717) is 5.75 Å². The van der Waals surface area contributed by atoms with Crippen molar-refractivity contribution in [2.24, 2.45) is 10.5 Å². The van der Waals surface area contributed by atoms with Crippen LogP contribution in [0.15, 0.2) is 70.2 Å². The zero-order valence-corrected chi connectivity index (χ0v) is 16.9. The third-order valence-electron chi connectivity index (χ3n) is 5.03. The first-order valence-corrected chi connectivity index (χ1v) is 9.70. The van der Waals surface area contributed by atoms with E-state index in [9.17, 15) is 4.79 Å². The smallest absolute Gasteiger partial charge is 0.379 e. The Morgan fingerprint density at radius 3 is 2.38 bits per heavy atom. The molecule has 1 aromatic heterocycles. The summed E-state index contributed by atoms with van der Waals surface area (Å²) >= 11 is 0. The van der Waals surface area contributed by atoms with E-state index >= 15 is 0 Å². The van der Waals surface area contributed by atoms with E-state index in [1.807, 2.05) is 55.5 Å². The number of hydrogen-bond acceptors (Lipinski definition) is 5. The second-order valence-corrected chi connectivity index (χ2v) is 8.11. The first-order chi connectivity index (χ1) is 13.9. The fourth-order valence-corrected chi connectivity index (χ4v) is 3.69. The Balaban J connectivity index is 1.67. The molecule has 5 nitrogen and oxygen atoms in total. The lowest BCUT2D eigenvalue weighted by molar-refractivity contribution is 0.0697. The summed E-state index contributed by atoms with van der Waals surface area (Å²) in [6.07, 6.45) is 1.53. The molecule has 5 heteroatoms. The summed E-state index contributed by atoms with van der Waals surface area (Å²) in [5.74, 6) is 1.03. The molecule has 0 bridgehead atoms. The number of anilines is 1. The van der Waals surface area contributed by atoms with Crippen LogP contribution in [0.1, 0.15) is 47.7 Å². The number of nitrogens with zero attached hydrogens (tertiary/aromatic N) is 1. The fraction of sp³-hybridized carbons (Fsp3) is 0.250. The topological polar surface area (TPSA) is 63.8 Å². The number of hydrazone groups is 1. The van der Waals surface area contributed by atoms with E-state index in [1.54, 1.807) is 12.1 Å². The van der Waals surface area contributed by atoms with Crippen molar-refractivity contribution in [3.8, 4) is 5.75 Å². The molecule has 0 saturated heterocycles. The maximum absolute atomic E-state index is 12.7. The number of para-hydroxylation sites is 2. The van der Waals surface area contributed by atoms with Crippen molar-refractivity contribution in [1.82, 2.24) is 0 Å². The average Bonchev–Trinajstić information content (AvgIpc) is 3.03. The number of nitrogens with one attached hydrogen (secondary N) is 1. The molecule has 1 aliphatic carbocycles. The highest BCUT2D eigenvalue weighted by molar-refractivity contribution is 6.06. The monoisotopic (exact) mass is 388 g/mol. The normalized spacial score (nSPS) is 16.3. The van der Waals surface area contributed by atoms with Crippen LogP contribution in [0.4, 0.5) is 5.69 Å². The molecule has 0 atom stereocenters. The molecule has 0 spiro atoms. The Labute approximate surface area is 170 Å². The van der Waals surface area contributed by atoms with Gasteiger partial charge in [0.05, 0.1) is 11.4 Å². The van der Waals surface area contributed by atoms with E-state index in [2.05, 4.69) is 24.4 Å². The minimum Gasteiger partial charge on any atom is -0.453 e. The Kier molecular flexibility index (Phi) is 4.97. The molecule has 1 heterocycles. The van der Waals surface area contributed by atoms with Crippen molar-refractivity contribution in [1.29, 1.82) is 0 Å². The van der Waals surface area contributed by atoms with E-state index in [1.165, 1.54) is 0 Å². The van der Waals surface area contributed by atoms with E-state index in [4.69, 9.17) is 9.15 Å². The van der Waals surface area contributed by atoms with Gasteiger partial charge in [-0.05, 0) is 43.0 Å². The van der Waals surface area contributed by atoms with Gasteiger partial charge in [0.1, 0.15) is 11.5 Å². The van der Waals surface area contributed by atoms with Gasteiger partial charge in [0, 0.05) is 17.5 Å². The van der Waals surface area contributed by atoms with Crippen molar-refractivity contribution in [2.75, 3.05) is 5.43 Å². The standard InChI is InChI=1S/C24H24N2O3/c1-16-21-19(26-25-17-10-6-4-7-11-17)14-24(2,3)15-20(21)29-22(16)23(27)28-18-12-8-5-9-13-18/h4-13,25H,14-15H2,1-3H3/b26-19-. The first kappa shape index (κ1) is 19.0. The third kappa shape index (κ3) is 4.09. The first-order valence-electron chi connectivity index (χ1n) is 9.70. The molecule has 0 amide bonds. The van der Waals surface area contributed by atoms with Crippen LogP contribution in [0, 0.1) is 12.3 Å². The molecule has 4 rings (SSSR count). The van der Waals surface area contributed by atoms with Gasteiger partial charge < -0.3 is 9.15 Å². The number of carbonyl (C=O) groups is 1. The lowest BCUT2D eigenvalue weighted by Gasteiger charge is -2.29. The number of furan rings is 1. The van der Waals surface area contributed by atoms with Gasteiger partial charge in [-0.1, -0.05) is 50.2 Å². The molecule has 29 heavy (non-hydrogen) atoms.